The molecule has 2 aromatic rings. The summed E-state index contributed by atoms with van der Waals surface area (Å²) in [6, 6.07) is 0. The lowest BCUT2D eigenvalue weighted by atomic mass is 10.2. The molecule has 0 bridgehead atoms. The molecule has 3 heterocycles. The predicted molar refractivity (Wildman–Crippen MR) is 87.6 cm³/mol. The summed E-state index contributed by atoms with van der Waals surface area (Å²) in [6.45, 7) is 9.55. The van der Waals surface area contributed by atoms with Crippen LogP contribution in [0, 0.1) is 13.8 Å². The average Bonchev–Trinajstić information content (AvgIpc) is 2.75. The summed E-state index contributed by atoms with van der Waals surface area (Å²) in [4.78, 5) is 13.5. The minimum absolute atomic E-state index is 0.538. The molecule has 1 saturated heterocycles. The molecule has 0 amide bonds. The molecule has 0 aromatic carbocycles. The number of aryl methyl sites for hydroxylation is 2. The third-order valence-corrected chi connectivity index (χ3v) is 5.17. The number of hydrogen-bond acceptors (Lipinski definition) is 6. The molecule has 0 spiro atoms. The van der Waals surface area contributed by atoms with Crippen molar-refractivity contribution in [3.05, 3.63) is 15.6 Å². The smallest absolute Gasteiger partial charge is 0.225 e. The molecule has 0 radical (unpaired) electrons. The molecule has 1 aliphatic heterocycles. The van der Waals surface area contributed by atoms with E-state index in [1.165, 1.54) is 10.4 Å². The summed E-state index contributed by atoms with van der Waals surface area (Å²) in [5.74, 6) is 0.613. The highest BCUT2D eigenvalue weighted by Crippen LogP contribution is 2.33. The summed E-state index contributed by atoms with van der Waals surface area (Å²) in [6.07, 6.45) is 0. The molecule has 1 N–H and O–H groups in total. The van der Waals surface area contributed by atoms with E-state index < -0.39 is 0 Å². The molecule has 1 fully saturated rings. The van der Waals surface area contributed by atoms with Gasteiger partial charge in [0, 0.05) is 31.1 Å². The minimum Gasteiger partial charge on any atom is -0.379 e. The Morgan fingerprint density at radius 1 is 1.29 bits per heavy atom. The van der Waals surface area contributed by atoms with E-state index in [9.17, 15) is 0 Å². The molecule has 3 rings (SSSR count). The fourth-order valence-corrected chi connectivity index (χ4v) is 3.83. The van der Waals surface area contributed by atoms with Crippen LogP contribution in [0.1, 0.15) is 10.4 Å². The van der Waals surface area contributed by atoms with Crippen LogP contribution < -0.4 is 5.32 Å². The topological polar surface area (TPSA) is 50.3 Å². The van der Waals surface area contributed by atoms with Gasteiger partial charge in [-0.25, -0.2) is 9.97 Å². The molecule has 5 nitrogen and oxygen atoms in total. The number of nitrogens with zero attached hydrogens (tertiary/aromatic N) is 3. The highest BCUT2D eigenvalue weighted by atomic mass is 35.5. The van der Waals surface area contributed by atoms with Gasteiger partial charge in [0.1, 0.15) is 9.98 Å². The third-order valence-electron chi connectivity index (χ3n) is 3.80. The van der Waals surface area contributed by atoms with E-state index in [0.717, 1.165) is 49.6 Å². The Kier molecular flexibility index (Phi) is 4.59. The second-order valence-electron chi connectivity index (χ2n) is 5.18. The van der Waals surface area contributed by atoms with Crippen LogP contribution in [0.5, 0.6) is 0 Å². The van der Waals surface area contributed by atoms with E-state index in [-0.39, 0.29) is 0 Å². The molecule has 7 heteroatoms. The third kappa shape index (κ3) is 3.29. The van der Waals surface area contributed by atoms with Crippen LogP contribution in [-0.4, -0.2) is 54.3 Å². The van der Waals surface area contributed by atoms with E-state index in [0.29, 0.717) is 11.1 Å². The van der Waals surface area contributed by atoms with Crippen molar-refractivity contribution in [3.8, 4) is 0 Å². The fourth-order valence-electron chi connectivity index (χ4n) is 2.43. The van der Waals surface area contributed by atoms with Crippen molar-refractivity contribution in [2.45, 2.75) is 13.8 Å². The zero-order valence-electron chi connectivity index (χ0n) is 12.3. The zero-order valence-corrected chi connectivity index (χ0v) is 13.9. The predicted octanol–water partition coefficient (Wildman–Crippen LogP) is 2.71. The largest absolute Gasteiger partial charge is 0.379 e. The monoisotopic (exact) mass is 326 g/mol. The maximum absolute atomic E-state index is 6.30. The Labute approximate surface area is 133 Å². The number of aromatic nitrogens is 2. The second kappa shape index (κ2) is 6.44. The average molecular weight is 327 g/mol. The van der Waals surface area contributed by atoms with Gasteiger partial charge in [-0.1, -0.05) is 11.6 Å². The van der Waals surface area contributed by atoms with Crippen LogP contribution >= 0.6 is 22.9 Å². The number of ether oxygens (including phenoxy) is 1. The fraction of sp³-hybridized carbons (Fsp3) is 0.571. The molecular weight excluding hydrogens is 308 g/mol. The van der Waals surface area contributed by atoms with Gasteiger partial charge in [-0.05, 0) is 19.4 Å². The van der Waals surface area contributed by atoms with E-state index in [4.69, 9.17) is 16.3 Å². The van der Waals surface area contributed by atoms with Crippen LogP contribution in [0.3, 0.4) is 0 Å². The van der Waals surface area contributed by atoms with Gasteiger partial charge in [0.15, 0.2) is 0 Å². The van der Waals surface area contributed by atoms with E-state index in [1.807, 2.05) is 0 Å². The summed E-state index contributed by atoms with van der Waals surface area (Å²) in [5.41, 5.74) is 1.18. The van der Waals surface area contributed by atoms with Crippen LogP contribution in [0.25, 0.3) is 10.2 Å². The number of thiophene rings is 1. The normalized spacial score (nSPS) is 16.5. The van der Waals surface area contributed by atoms with Gasteiger partial charge in [0.2, 0.25) is 5.95 Å². The van der Waals surface area contributed by atoms with Gasteiger partial charge in [-0.15, -0.1) is 11.3 Å². The maximum Gasteiger partial charge on any atom is 0.225 e. The molecular formula is C14H19ClN4OS. The molecule has 0 atom stereocenters. The number of halogens is 1. The number of nitrogens with one attached hydrogen (secondary N) is 1. The van der Waals surface area contributed by atoms with E-state index in [1.54, 1.807) is 11.3 Å². The zero-order chi connectivity index (χ0) is 14.8. The van der Waals surface area contributed by atoms with Gasteiger partial charge in [-0.2, -0.15) is 0 Å². The van der Waals surface area contributed by atoms with Crippen LogP contribution in [0.15, 0.2) is 0 Å². The minimum atomic E-state index is 0.538. The SMILES string of the molecule is Cc1sc2nc(NCCN3CCOCC3)nc(Cl)c2c1C. The van der Waals surface area contributed by atoms with Gasteiger partial charge in [0.05, 0.1) is 18.6 Å². The Balaban J connectivity index is 1.67. The lowest BCUT2D eigenvalue weighted by molar-refractivity contribution is 0.0398. The maximum atomic E-state index is 6.30. The quantitative estimate of drug-likeness (QED) is 0.875. The Hall–Kier alpha value is -0.950. The first kappa shape index (κ1) is 15.0. The number of rotatable bonds is 4. The molecule has 1 aliphatic rings. The summed E-state index contributed by atoms with van der Waals surface area (Å²) >= 11 is 7.96. The van der Waals surface area contributed by atoms with Crippen LogP contribution in [0.4, 0.5) is 5.95 Å². The molecule has 2 aromatic heterocycles. The summed E-state index contributed by atoms with van der Waals surface area (Å²) in [5, 5.41) is 4.79. The van der Waals surface area contributed by atoms with Crippen molar-refractivity contribution in [3.63, 3.8) is 0 Å². The van der Waals surface area contributed by atoms with Crippen molar-refractivity contribution >= 4 is 39.1 Å². The number of fused-ring (bicyclic) bond motifs is 1. The molecule has 21 heavy (non-hydrogen) atoms. The van der Waals surface area contributed by atoms with Crippen molar-refractivity contribution in [1.82, 2.24) is 14.9 Å². The summed E-state index contributed by atoms with van der Waals surface area (Å²) < 4.78 is 5.34. The lowest BCUT2D eigenvalue weighted by Gasteiger charge is -2.26. The Morgan fingerprint density at radius 2 is 2.05 bits per heavy atom. The highest BCUT2D eigenvalue weighted by molar-refractivity contribution is 7.18. The first-order valence-corrected chi connectivity index (χ1v) is 8.32. The standard InChI is InChI=1S/C14H19ClN4OS/c1-9-10(2)21-13-11(9)12(15)17-14(18-13)16-3-4-19-5-7-20-8-6-19/h3-8H2,1-2H3,(H,16,17,18). The van der Waals surface area contributed by atoms with Gasteiger partial charge in [0.25, 0.3) is 0 Å². The van der Waals surface area contributed by atoms with Crippen molar-refractivity contribution < 1.29 is 4.74 Å². The first-order valence-electron chi connectivity index (χ1n) is 7.12. The molecule has 114 valence electrons. The van der Waals surface area contributed by atoms with Gasteiger partial charge in [-0.3, -0.25) is 4.90 Å². The molecule has 0 aliphatic carbocycles. The van der Waals surface area contributed by atoms with Crippen molar-refractivity contribution in [2.24, 2.45) is 0 Å². The highest BCUT2D eigenvalue weighted by Gasteiger charge is 2.14. The number of morpholine rings is 1. The lowest BCUT2D eigenvalue weighted by Crippen LogP contribution is -2.39. The first-order chi connectivity index (χ1) is 10.1. The number of hydrogen-bond donors (Lipinski definition) is 1. The van der Waals surface area contributed by atoms with E-state index in [2.05, 4.69) is 34.0 Å². The van der Waals surface area contributed by atoms with Crippen LogP contribution in [0.2, 0.25) is 5.15 Å². The summed E-state index contributed by atoms with van der Waals surface area (Å²) in [7, 11) is 0. The Morgan fingerprint density at radius 3 is 2.81 bits per heavy atom. The van der Waals surface area contributed by atoms with E-state index >= 15 is 0 Å². The Bertz CT molecular complexity index is 639. The molecule has 0 saturated carbocycles. The van der Waals surface area contributed by atoms with Gasteiger partial charge >= 0.3 is 0 Å². The molecule has 0 unspecified atom stereocenters. The number of anilines is 1. The van der Waals surface area contributed by atoms with Gasteiger partial charge < -0.3 is 10.1 Å². The second-order valence-corrected chi connectivity index (χ2v) is 6.74. The van der Waals surface area contributed by atoms with Crippen molar-refractivity contribution in [2.75, 3.05) is 44.7 Å². The van der Waals surface area contributed by atoms with Crippen LogP contribution in [-0.2, 0) is 4.74 Å². The van der Waals surface area contributed by atoms with Crippen molar-refractivity contribution in [1.29, 1.82) is 0 Å².